The Hall–Kier alpha value is -2.94. The van der Waals surface area contributed by atoms with E-state index in [1.165, 1.54) is 6.07 Å². The molecule has 1 aromatic heterocycles. The van der Waals surface area contributed by atoms with Gasteiger partial charge in [0.1, 0.15) is 5.69 Å². The van der Waals surface area contributed by atoms with Crippen LogP contribution in [0.2, 0.25) is 0 Å². The van der Waals surface area contributed by atoms with Crippen LogP contribution in [0.4, 0.5) is 13.2 Å². The minimum atomic E-state index is -4.41. The van der Waals surface area contributed by atoms with Crippen molar-refractivity contribution in [2.24, 2.45) is 5.92 Å². The first-order valence-electron chi connectivity index (χ1n) is 9.74. The number of nitrogens with zero attached hydrogens (tertiary/aromatic N) is 1. The molecule has 1 saturated carbocycles. The molecule has 0 unspecified atom stereocenters. The molecule has 3 N–H and O–H groups in total. The topological polar surface area (TPSA) is 99.5 Å². The number of halogens is 3. The number of hydrogen-bond donors (Lipinski definition) is 3. The number of hydrogen-bond acceptors (Lipinski definition) is 4. The Kier molecular flexibility index (Phi) is 7.78. The first kappa shape index (κ1) is 24.3. The van der Waals surface area contributed by atoms with Crippen molar-refractivity contribution in [1.82, 2.24) is 10.3 Å². The van der Waals surface area contributed by atoms with Gasteiger partial charge in [-0.3, -0.25) is 9.78 Å². The Morgan fingerprint density at radius 1 is 1.13 bits per heavy atom. The fourth-order valence-electron chi connectivity index (χ4n) is 2.92. The summed E-state index contributed by atoms with van der Waals surface area (Å²) in [6.45, 7) is 3.73. The molecule has 1 fully saturated rings. The minimum Gasteiger partial charge on any atom is -0.478 e. The van der Waals surface area contributed by atoms with E-state index in [-0.39, 0.29) is 23.6 Å². The summed E-state index contributed by atoms with van der Waals surface area (Å²) in [6.07, 6.45) is -1.04. The number of aromatic nitrogens is 1. The van der Waals surface area contributed by atoms with Crippen LogP contribution in [0.5, 0.6) is 0 Å². The maximum Gasteiger partial charge on any atom is 0.433 e. The zero-order chi connectivity index (χ0) is 23.2. The molecule has 0 aliphatic heterocycles. The number of rotatable bonds is 6. The molecule has 1 aliphatic carbocycles. The number of carbonyl (C=O) groups is 2. The van der Waals surface area contributed by atoms with Crippen LogP contribution in [0.15, 0.2) is 42.6 Å². The first-order valence-corrected chi connectivity index (χ1v) is 9.74. The number of aromatic carboxylic acids is 1. The summed E-state index contributed by atoms with van der Waals surface area (Å²) in [5.41, 5.74) is 0.425. The Labute approximate surface area is 178 Å². The van der Waals surface area contributed by atoms with Crippen molar-refractivity contribution in [3.05, 3.63) is 65.0 Å². The molecular formula is C22H25F3N2O4. The Morgan fingerprint density at radius 3 is 2.13 bits per heavy atom. The largest absolute Gasteiger partial charge is 0.478 e. The first-order chi connectivity index (χ1) is 14.5. The molecule has 1 heterocycles. The van der Waals surface area contributed by atoms with Crippen LogP contribution >= 0.6 is 0 Å². The molecule has 2 aromatic rings. The van der Waals surface area contributed by atoms with Crippen LogP contribution in [-0.2, 0) is 23.1 Å². The zero-order valence-electron chi connectivity index (χ0n) is 17.2. The molecule has 1 aliphatic rings. The van der Waals surface area contributed by atoms with E-state index in [0.29, 0.717) is 17.9 Å². The SMILES string of the molecule is CC(C)CC(=O)NC1(c2ccc(C(=O)O)cc2)CC1.OCc1ccc(C(F)(F)F)nc1. The lowest BCUT2D eigenvalue weighted by molar-refractivity contribution is -0.141. The van der Waals surface area contributed by atoms with Crippen LogP contribution in [0.25, 0.3) is 0 Å². The number of nitrogens with one attached hydrogen (secondary N) is 1. The summed E-state index contributed by atoms with van der Waals surface area (Å²) in [7, 11) is 0. The number of aliphatic hydroxyl groups excluding tert-OH is 1. The van der Waals surface area contributed by atoms with E-state index in [0.717, 1.165) is 30.7 Å². The van der Waals surface area contributed by atoms with Crippen LogP contribution in [0, 0.1) is 5.92 Å². The highest BCUT2D eigenvalue weighted by atomic mass is 19.4. The number of aliphatic hydroxyl groups is 1. The molecule has 1 aromatic carbocycles. The van der Waals surface area contributed by atoms with Crippen molar-refractivity contribution in [3.8, 4) is 0 Å². The Balaban J connectivity index is 0.000000245. The molecule has 0 bridgehead atoms. The standard InChI is InChI=1S/C15H19NO3.C7H6F3NO/c1-10(2)9-13(17)16-15(7-8-15)12-5-3-11(4-6-12)14(18)19;8-7(9,10)6-2-1-5(4-12)3-11-6/h3-6,10H,7-9H2,1-2H3,(H,16,17)(H,18,19);1-3,12H,4H2. The van der Waals surface area contributed by atoms with E-state index >= 15 is 0 Å². The van der Waals surface area contributed by atoms with Gasteiger partial charge in [-0.25, -0.2) is 4.79 Å². The third-order valence-corrected chi connectivity index (χ3v) is 4.70. The van der Waals surface area contributed by atoms with Gasteiger partial charge in [-0.15, -0.1) is 0 Å². The molecule has 0 radical (unpaired) electrons. The summed E-state index contributed by atoms with van der Waals surface area (Å²) in [6, 6.07) is 8.80. The van der Waals surface area contributed by atoms with Gasteiger partial charge in [0.05, 0.1) is 17.7 Å². The molecule has 6 nitrogen and oxygen atoms in total. The number of amides is 1. The van der Waals surface area contributed by atoms with Crippen LogP contribution < -0.4 is 5.32 Å². The lowest BCUT2D eigenvalue weighted by atomic mass is 10.0. The maximum absolute atomic E-state index is 11.9. The average Bonchev–Trinajstić information content (AvgIpc) is 3.47. The fraction of sp³-hybridized carbons (Fsp3) is 0.409. The normalized spacial score (nSPS) is 14.4. The lowest BCUT2D eigenvalue weighted by Crippen LogP contribution is -2.35. The number of pyridine rings is 1. The smallest absolute Gasteiger partial charge is 0.433 e. The second-order valence-corrected chi connectivity index (χ2v) is 7.82. The molecule has 9 heteroatoms. The summed E-state index contributed by atoms with van der Waals surface area (Å²) >= 11 is 0. The minimum absolute atomic E-state index is 0.0646. The fourth-order valence-corrected chi connectivity index (χ4v) is 2.92. The Morgan fingerprint density at radius 2 is 1.74 bits per heavy atom. The van der Waals surface area contributed by atoms with Gasteiger partial charge in [-0.2, -0.15) is 13.2 Å². The average molecular weight is 438 g/mol. The van der Waals surface area contributed by atoms with E-state index < -0.39 is 17.8 Å². The van der Waals surface area contributed by atoms with E-state index in [9.17, 15) is 22.8 Å². The van der Waals surface area contributed by atoms with Crippen molar-refractivity contribution in [3.63, 3.8) is 0 Å². The lowest BCUT2D eigenvalue weighted by Gasteiger charge is -2.19. The number of carbonyl (C=O) groups excluding carboxylic acids is 1. The third kappa shape index (κ3) is 7.06. The van der Waals surface area contributed by atoms with E-state index in [2.05, 4.69) is 10.3 Å². The Bertz CT molecular complexity index is 890. The summed E-state index contributed by atoms with van der Waals surface area (Å²) < 4.78 is 35.7. The molecule has 31 heavy (non-hydrogen) atoms. The van der Waals surface area contributed by atoms with E-state index in [1.807, 2.05) is 13.8 Å². The molecule has 0 atom stereocenters. The summed E-state index contributed by atoms with van der Waals surface area (Å²) in [5, 5.41) is 20.5. The van der Waals surface area contributed by atoms with Gasteiger partial charge in [-0.05, 0) is 48.1 Å². The molecule has 0 saturated heterocycles. The zero-order valence-corrected chi connectivity index (χ0v) is 17.2. The second kappa shape index (κ2) is 9.91. The highest BCUT2D eigenvalue weighted by molar-refractivity contribution is 5.87. The van der Waals surface area contributed by atoms with Crippen molar-refractivity contribution in [1.29, 1.82) is 0 Å². The summed E-state index contributed by atoms with van der Waals surface area (Å²) in [5.74, 6) is -0.528. The van der Waals surface area contributed by atoms with Crippen molar-refractivity contribution in [2.45, 2.75) is 51.4 Å². The van der Waals surface area contributed by atoms with E-state index in [1.54, 1.807) is 24.3 Å². The van der Waals surface area contributed by atoms with Gasteiger partial charge in [-0.1, -0.05) is 32.0 Å². The molecule has 168 valence electrons. The van der Waals surface area contributed by atoms with Crippen molar-refractivity contribution >= 4 is 11.9 Å². The van der Waals surface area contributed by atoms with Crippen LogP contribution in [0.3, 0.4) is 0 Å². The quantitative estimate of drug-likeness (QED) is 0.630. The highest BCUT2D eigenvalue weighted by Gasteiger charge is 2.45. The predicted octanol–water partition coefficient (Wildman–Crippen LogP) is 4.13. The number of alkyl halides is 3. The molecule has 1 amide bonds. The van der Waals surface area contributed by atoms with E-state index in [4.69, 9.17) is 10.2 Å². The highest BCUT2D eigenvalue weighted by Crippen LogP contribution is 2.45. The molecule has 3 rings (SSSR count). The molecular weight excluding hydrogens is 413 g/mol. The van der Waals surface area contributed by atoms with Crippen LogP contribution in [0.1, 0.15) is 60.3 Å². The van der Waals surface area contributed by atoms with Crippen LogP contribution in [-0.4, -0.2) is 27.1 Å². The number of benzene rings is 1. The number of carboxylic acid groups (broad SMARTS) is 1. The third-order valence-electron chi connectivity index (χ3n) is 4.70. The summed E-state index contributed by atoms with van der Waals surface area (Å²) in [4.78, 5) is 25.8. The predicted molar refractivity (Wildman–Crippen MR) is 107 cm³/mol. The van der Waals surface area contributed by atoms with Gasteiger partial charge in [0.15, 0.2) is 0 Å². The van der Waals surface area contributed by atoms with Gasteiger partial charge < -0.3 is 15.5 Å². The van der Waals surface area contributed by atoms with Gasteiger partial charge in [0, 0.05) is 12.6 Å². The van der Waals surface area contributed by atoms with Gasteiger partial charge in [0.25, 0.3) is 0 Å². The maximum atomic E-state index is 11.9. The van der Waals surface area contributed by atoms with Crippen molar-refractivity contribution < 1.29 is 33.0 Å². The van der Waals surface area contributed by atoms with Crippen molar-refractivity contribution in [2.75, 3.05) is 0 Å². The number of carboxylic acids is 1. The van der Waals surface area contributed by atoms with Gasteiger partial charge in [0.2, 0.25) is 5.91 Å². The molecule has 0 spiro atoms. The second-order valence-electron chi connectivity index (χ2n) is 7.82. The monoisotopic (exact) mass is 438 g/mol. The van der Waals surface area contributed by atoms with Gasteiger partial charge >= 0.3 is 12.1 Å².